The molecule has 0 fully saturated rings. The number of ether oxygens (including phenoxy) is 2. The topological polar surface area (TPSA) is 35.5 Å². The minimum absolute atomic E-state index is 0.204. The molecule has 0 amide bonds. The van der Waals surface area contributed by atoms with E-state index in [-0.39, 0.29) is 6.61 Å². The van der Waals surface area contributed by atoms with E-state index in [1.165, 1.54) is 7.11 Å². The highest BCUT2D eigenvalue weighted by Crippen LogP contribution is 2.11. The molecule has 0 N–H and O–H groups in total. The number of alkyl halides is 1. The number of methoxy groups -OCH3 is 1. The summed E-state index contributed by atoms with van der Waals surface area (Å²) < 4.78 is 21.2. The summed E-state index contributed by atoms with van der Waals surface area (Å²) in [7, 11) is 1.54. The number of hydrogen-bond donors (Lipinski definition) is 0. The van der Waals surface area contributed by atoms with Gasteiger partial charge in [-0.15, -0.1) is 0 Å². The first-order chi connectivity index (χ1) is 6.77. The van der Waals surface area contributed by atoms with E-state index in [1.54, 1.807) is 24.3 Å². The van der Waals surface area contributed by atoms with Gasteiger partial charge in [0, 0.05) is 0 Å². The van der Waals surface area contributed by atoms with Crippen LogP contribution in [0.25, 0.3) is 0 Å². The Bertz CT molecular complexity index is 295. The van der Waals surface area contributed by atoms with Crippen molar-refractivity contribution in [2.45, 2.75) is 0 Å². The predicted octanol–water partition coefficient (Wildman–Crippen LogP) is 1.82. The molecule has 0 unspecified atom stereocenters. The van der Waals surface area contributed by atoms with E-state index in [9.17, 15) is 9.18 Å². The second kappa shape index (κ2) is 5.21. The van der Waals surface area contributed by atoms with E-state index in [1.807, 2.05) is 0 Å². The number of carbonyl (C=O) groups excluding carboxylic acids is 1. The normalized spacial score (nSPS) is 9.57. The molecule has 0 aliphatic carbocycles. The Kier molecular flexibility index (Phi) is 3.91. The summed E-state index contributed by atoms with van der Waals surface area (Å²) in [5, 5.41) is 0. The zero-order valence-corrected chi connectivity index (χ0v) is 7.83. The lowest BCUT2D eigenvalue weighted by molar-refractivity contribution is 0.0481. The smallest absolute Gasteiger partial charge is 0.338 e. The SMILES string of the molecule is COc1ccc(C(=O)OCCF)cc1. The van der Waals surface area contributed by atoms with Crippen molar-refractivity contribution in [3.05, 3.63) is 29.8 Å². The number of esters is 1. The summed E-state index contributed by atoms with van der Waals surface area (Å²) >= 11 is 0. The van der Waals surface area contributed by atoms with Crippen LogP contribution in [0.3, 0.4) is 0 Å². The summed E-state index contributed by atoms with van der Waals surface area (Å²) in [6.45, 7) is -0.868. The first-order valence-electron chi connectivity index (χ1n) is 4.15. The Balaban J connectivity index is 2.62. The van der Waals surface area contributed by atoms with Crippen LogP contribution in [0.5, 0.6) is 5.75 Å². The quantitative estimate of drug-likeness (QED) is 0.692. The minimum atomic E-state index is -0.665. The molecule has 0 saturated carbocycles. The zero-order valence-electron chi connectivity index (χ0n) is 7.83. The second-order valence-corrected chi connectivity index (χ2v) is 2.55. The molecule has 0 bridgehead atoms. The molecule has 76 valence electrons. The molecule has 0 atom stereocenters. The molecular formula is C10H11FO3. The van der Waals surface area contributed by atoms with Crippen molar-refractivity contribution in [1.29, 1.82) is 0 Å². The monoisotopic (exact) mass is 198 g/mol. The van der Waals surface area contributed by atoms with Gasteiger partial charge >= 0.3 is 5.97 Å². The fourth-order valence-electron chi connectivity index (χ4n) is 0.942. The van der Waals surface area contributed by atoms with Gasteiger partial charge in [0.2, 0.25) is 0 Å². The van der Waals surface area contributed by atoms with Crippen molar-refractivity contribution >= 4 is 5.97 Å². The van der Waals surface area contributed by atoms with E-state index < -0.39 is 12.6 Å². The molecule has 1 rings (SSSR count). The first-order valence-corrected chi connectivity index (χ1v) is 4.15. The minimum Gasteiger partial charge on any atom is -0.497 e. The summed E-state index contributed by atoms with van der Waals surface area (Å²) in [4.78, 5) is 11.2. The van der Waals surface area contributed by atoms with Crippen LogP contribution < -0.4 is 4.74 Å². The van der Waals surface area contributed by atoms with Gasteiger partial charge < -0.3 is 9.47 Å². The molecule has 1 aromatic carbocycles. The van der Waals surface area contributed by atoms with Gasteiger partial charge in [0.15, 0.2) is 0 Å². The number of carbonyl (C=O) groups is 1. The lowest BCUT2D eigenvalue weighted by Crippen LogP contribution is -2.07. The Labute approximate surface area is 81.4 Å². The van der Waals surface area contributed by atoms with Gasteiger partial charge in [-0.3, -0.25) is 0 Å². The summed E-state index contributed by atoms with van der Waals surface area (Å²) in [5.74, 6) is 0.136. The van der Waals surface area contributed by atoms with Crippen LogP contribution in [0.2, 0.25) is 0 Å². The van der Waals surface area contributed by atoms with Gasteiger partial charge in [0.1, 0.15) is 19.0 Å². The van der Waals surface area contributed by atoms with E-state index in [4.69, 9.17) is 4.74 Å². The van der Waals surface area contributed by atoms with Crippen LogP contribution in [0.4, 0.5) is 4.39 Å². The molecule has 0 spiro atoms. The van der Waals surface area contributed by atoms with Crippen LogP contribution in [-0.2, 0) is 4.74 Å². The Morgan fingerprint density at radius 3 is 2.50 bits per heavy atom. The van der Waals surface area contributed by atoms with Crippen LogP contribution in [-0.4, -0.2) is 26.4 Å². The maximum atomic E-state index is 11.7. The van der Waals surface area contributed by atoms with Crippen molar-refractivity contribution in [3.63, 3.8) is 0 Å². The molecular weight excluding hydrogens is 187 g/mol. The van der Waals surface area contributed by atoms with Crippen LogP contribution in [0.15, 0.2) is 24.3 Å². The molecule has 0 heterocycles. The standard InChI is InChI=1S/C10H11FO3/c1-13-9-4-2-8(3-5-9)10(12)14-7-6-11/h2-5H,6-7H2,1H3. The number of halogens is 1. The summed E-state index contributed by atoms with van der Waals surface area (Å²) in [6.07, 6.45) is 0. The lowest BCUT2D eigenvalue weighted by atomic mass is 10.2. The molecule has 0 aliphatic rings. The van der Waals surface area contributed by atoms with Gasteiger partial charge in [0.05, 0.1) is 12.7 Å². The molecule has 0 aromatic heterocycles. The molecule has 0 radical (unpaired) electrons. The number of hydrogen-bond acceptors (Lipinski definition) is 3. The van der Waals surface area contributed by atoms with E-state index in [0.29, 0.717) is 11.3 Å². The highest BCUT2D eigenvalue weighted by Gasteiger charge is 2.05. The third kappa shape index (κ3) is 2.73. The van der Waals surface area contributed by atoms with Crippen LogP contribution in [0.1, 0.15) is 10.4 Å². The Morgan fingerprint density at radius 1 is 1.36 bits per heavy atom. The lowest BCUT2D eigenvalue weighted by Gasteiger charge is -2.03. The predicted molar refractivity (Wildman–Crippen MR) is 49.3 cm³/mol. The van der Waals surface area contributed by atoms with E-state index >= 15 is 0 Å². The highest BCUT2D eigenvalue weighted by molar-refractivity contribution is 5.89. The second-order valence-electron chi connectivity index (χ2n) is 2.55. The maximum absolute atomic E-state index is 11.7. The molecule has 0 aliphatic heterocycles. The molecule has 3 nitrogen and oxygen atoms in total. The van der Waals surface area contributed by atoms with Crippen molar-refractivity contribution in [3.8, 4) is 5.75 Å². The number of benzene rings is 1. The largest absolute Gasteiger partial charge is 0.497 e. The Morgan fingerprint density at radius 2 is 2.00 bits per heavy atom. The van der Waals surface area contributed by atoms with Crippen LogP contribution in [0, 0.1) is 0 Å². The maximum Gasteiger partial charge on any atom is 0.338 e. The summed E-state index contributed by atoms with van der Waals surface area (Å²) in [5.41, 5.74) is 0.388. The summed E-state index contributed by atoms with van der Waals surface area (Å²) in [6, 6.07) is 6.43. The fraction of sp³-hybridized carbons (Fsp3) is 0.300. The third-order valence-corrected chi connectivity index (χ3v) is 1.64. The average molecular weight is 198 g/mol. The van der Waals surface area contributed by atoms with Gasteiger partial charge in [-0.05, 0) is 24.3 Å². The van der Waals surface area contributed by atoms with Crippen molar-refractivity contribution in [1.82, 2.24) is 0 Å². The zero-order chi connectivity index (χ0) is 10.4. The van der Waals surface area contributed by atoms with Crippen molar-refractivity contribution < 1.29 is 18.7 Å². The molecule has 1 aromatic rings. The van der Waals surface area contributed by atoms with Gasteiger partial charge in [-0.25, -0.2) is 9.18 Å². The Hall–Kier alpha value is -1.58. The van der Waals surface area contributed by atoms with E-state index in [2.05, 4.69) is 4.74 Å². The first kappa shape index (κ1) is 10.5. The third-order valence-electron chi connectivity index (χ3n) is 1.64. The fourth-order valence-corrected chi connectivity index (χ4v) is 0.942. The van der Waals surface area contributed by atoms with Crippen molar-refractivity contribution in [2.24, 2.45) is 0 Å². The molecule has 4 heteroatoms. The average Bonchev–Trinajstić information content (AvgIpc) is 2.26. The highest BCUT2D eigenvalue weighted by atomic mass is 19.1. The molecule has 14 heavy (non-hydrogen) atoms. The number of rotatable bonds is 4. The van der Waals surface area contributed by atoms with Gasteiger partial charge in [-0.2, -0.15) is 0 Å². The van der Waals surface area contributed by atoms with Gasteiger partial charge in [0.25, 0.3) is 0 Å². The van der Waals surface area contributed by atoms with E-state index in [0.717, 1.165) is 0 Å². The van der Waals surface area contributed by atoms with Gasteiger partial charge in [-0.1, -0.05) is 0 Å². The van der Waals surface area contributed by atoms with Crippen molar-refractivity contribution in [2.75, 3.05) is 20.4 Å². The van der Waals surface area contributed by atoms with Crippen LogP contribution >= 0.6 is 0 Å². The molecule has 0 saturated heterocycles.